The predicted octanol–water partition coefficient (Wildman–Crippen LogP) is 3.34. The number of aliphatic hydroxyl groups is 1. The van der Waals surface area contributed by atoms with E-state index in [1.54, 1.807) is 0 Å². The SMILES string of the molecule is Cc1cc(CNc2ccc(N3CCC(O)CC3)c(C#N)c2)c(C)o1. The van der Waals surface area contributed by atoms with Gasteiger partial charge in [0, 0.05) is 30.9 Å². The summed E-state index contributed by atoms with van der Waals surface area (Å²) in [5, 5.41) is 22.5. The molecule has 1 saturated heterocycles. The lowest BCUT2D eigenvalue weighted by molar-refractivity contribution is 0.145. The van der Waals surface area contributed by atoms with Crippen LogP contribution in [-0.2, 0) is 6.54 Å². The van der Waals surface area contributed by atoms with Crippen molar-refractivity contribution < 1.29 is 9.52 Å². The Morgan fingerprint density at radius 2 is 2.04 bits per heavy atom. The third-order valence-electron chi connectivity index (χ3n) is 4.55. The van der Waals surface area contributed by atoms with E-state index in [0.717, 1.165) is 54.4 Å². The second-order valence-electron chi connectivity index (χ2n) is 6.35. The lowest BCUT2D eigenvalue weighted by Crippen LogP contribution is -2.36. The first-order valence-electron chi connectivity index (χ1n) is 8.34. The maximum absolute atomic E-state index is 9.64. The Balaban J connectivity index is 1.72. The van der Waals surface area contributed by atoms with E-state index in [-0.39, 0.29) is 6.10 Å². The average Bonchev–Trinajstić information content (AvgIpc) is 2.91. The van der Waals surface area contributed by atoms with Gasteiger partial charge >= 0.3 is 0 Å². The number of piperidine rings is 1. The number of anilines is 2. The average molecular weight is 325 g/mol. The van der Waals surface area contributed by atoms with Crippen LogP contribution in [0.4, 0.5) is 11.4 Å². The molecule has 2 N–H and O–H groups in total. The van der Waals surface area contributed by atoms with Crippen LogP contribution < -0.4 is 10.2 Å². The molecule has 0 bridgehead atoms. The van der Waals surface area contributed by atoms with E-state index in [2.05, 4.69) is 16.3 Å². The second-order valence-corrected chi connectivity index (χ2v) is 6.35. The maximum Gasteiger partial charge on any atom is 0.106 e. The van der Waals surface area contributed by atoms with Crippen molar-refractivity contribution in [2.75, 3.05) is 23.3 Å². The number of rotatable bonds is 4. The Morgan fingerprint density at radius 1 is 1.29 bits per heavy atom. The van der Waals surface area contributed by atoms with E-state index in [1.807, 2.05) is 38.1 Å². The van der Waals surface area contributed by atoms with Crippen molar-refractivity contribution in [1.82, 2.24) is 0 Å². The Labute approximate surface area is 142 Å². The number of benzene rings is 1. The first-order valence-corrected chi connectivity index (χ1v) is 8.34. The van der Waals surface area contributed by atoms with E-state index < -0.39 is 0 Å². The third-order valence-corrected chi connectivity index (χ3v) is 4.55. The molecule has 1 aromatic carbocycles. The molecule has 5 nitrogen and oxygen atoms in total. The van der Waals surface area contributed by atoms with Gasteiger partial charge in [0.15, 0.2) is 0 Å². The predicted molar refractivity (Wildman–Crippen MR) is 94.1 cm³/mol. The van der Waals surface area contributed by atoms with E-state index in [0.29, 0.717) is 12.1 Å². The lowest BCUT2D eigenvalue weighted by atomic mass is 10.0. The second kappa shape index (κ2) is 6.98. The van der Waals surface area contributed by atoms with Crippen molar-refractivity contribution in [2.45, 2.75) is 39.3 Å². The zero-order valence-electron chi connectivity index (χ0n) is 14.2. The van der Waals surface area contributed by atoms with Crippen LogP contribution in [0.15, 0.2) is 28.7 Å². The van der Waals surface area contributed by atoms with Gasteiger partial charge in [0.1, 0.15) is 17.6 Å². The smallest absolute Gasteiger partial charge is 0.106 e. The molecule has 3 rings (SSSR count). The molecule has 2 heterocycles. The Hall–Kier alpha value is -2.45. The highest BCUT2D eigenvalue weighted by Crippen LogP contribution is 2.27. The Kier molecular flexibility index (Phi) is 4.77. The monoisotopic (exact) mass is 325 g/mol. The molecule has 0 unspecified atom stereocenters. The summed E-state index contributed by atoms with van der Waals surface area (Å²) < 4.78 is 5.54. The molecule has 0 aliphatic carbocycles. The van der Waals surface area contributed by atoms with E-state index in [9.17, 15) is 10.4 Å². The first kappa shape index (κ1) is 16.4. The molecule has 1 fully saturated rings. The number of hydrogen-bond acceptors (Lipinski definition) is 5. The maximum atomic E-state index is 9.64. The summed E-state index contributed by atoms with van der Waals surface area (Å²) in [5.41, 5.74) is 3.66. The molecule has 0 amide bonds. The summed E-state index contributed by atoms with van der Waals surface area (Å²) in [4.78, 5) is 2.18. The summed E-state index contributed by atoms with van der Waals surface area (Å²) >= 11 is 0. The standard InChI is InChI=1S/C19H23N3O2/c1-13-9-16(14(2)24-13)12-21-17-3-4-19(15(10-17)11-20)22-7-5-18(23)6-8-22/h3-4,9-10,18,21,23H,5-8,12H2,1-2H3. The van der Waals surface area contributed by atoms with Gasteiger partial charge < -0.3 is 19.7 Å². The molecular weight excluding hydrogens is 302 g/mol. The normalized spacial score (nSPS) is 15.3. The van der Waals surface area contributed by atoms with Crippen molar-refractivity contribution >= 4 is 11.4 Å². The number of aryl methyl sites for hydroxylation is 2. The van der Waals surface area contributed by atoms with Crippen LogP contribution in [0.5, 0.6) is 0 Å². The topological polar surface area (TPSA) is 72.4 Å². The van der Waals surface area contributed by atoms with Crippen LogP contribution in [0.25, 0.3) is 0 Å². The molecule has 0 radical (unpaired) electrons. The molecule has 1 aliphatic rings. The van der Waals surface area contributed by atoms with Gasteiger partial charge in [-0.25, -0.2) is 0 Å². The van der Waals surface area contributed by atoms with Crippen molar-refractivity contribution in [3.8, 4) is 6.07 Å². The number of aliphatic hydroxyl groups excluding tert-OH is 1. The Morgan fingerprint density at radius 3 is 2.67 bits per heavy atom. The first-order chi connectivity index (χ1) is 11.6. The third kappa shape index (κ3) is 3.55. The molecule has 0 saturated carbocycles. The van der Waals surface area contributed by atoms with Crippen molar-refractivity contribution in [3.63, 3.8) is 0 Å². The van der Waals surface area contributed by atoms with Gasteiger partial charge in [-0.2, -0.15) is 5.26 Å². The van der Waals surface area contributed by atoms with Crippen molar-refractivity contribution in [2.24, 2.45) is 0 Å². The molecule has 1 aliphatic heterocycles. The summed E-state index contributed by atoms with van der Waals surface area (Å²) in [6.45, 7) is 6.14. The fourth-order valence-corrected chi connectivity index (χ4v) is 3.17. The molecule has 5 heteroatoms. The van der Waals surface area contributed by atoms with Gasteiger partial charge in [-0.05, 0) is 51.0 Å². The molecule has 0 spiro atoms. The van der Waals surface area contributed by atoms with Crippen LogP contribution in [0.3, 0.4) is 0 Å². The molecule has 0 atom stereocenters. The zero-order valence-corrected chi connectivity index (χ0v) is 14.2. The highest BCUT2D eigenvalue weighted by Gasteiger charge is 2.19. The summed E-state index contributed by atoms with van der Waals surface area (Å²) in [7, 11) is 0. The molecule has 24 heavy (non-hydrogen) atoms. The number of nitrogens with one attached hydrogen (secondary N) is 1. The Bertz CT molecular complexity index is 752. The lowest BCUT2D eigenvalue weighted by Gasteiger charge is -2.32. The van der Waals surface area contributed by atoms with Gasteiger partial charge in [-0.15, -0.1) is 0 Å². The largest absolute Gasteiger partial charge is 0.466 e. The summed E-state index contributed by atoms with van der Waals surface area (Å²) in [6, 6.07) is 10.2. The van der Waals surface area contributed by atoms with Crippen LogP contribution in [0.1, 0.15) is 35.5 Å². The minimum atomic E-state index is -0.214. The number of hydrogen-bond donors (Lipinski definition) is 2. The number of nitrogens with zero attached hydrogens (tertiary/aromatic N) is 2. The number of nitriles is 1. The van der Waals surface area contributed by atoms with E-state index in [4.69, 9.17) is 4.42 Å². The number of furan rings is 1. The van der Waals surface area contributed by atoms with Crippen LogP contribution in [0.2, 0.25) is 0 Å². The van der Waals surface area contributed by atoms with Gasteiger partial charge in [-0.3, -0.25) is 0 Å². The van der Waals surface area contributed by atoms with Crippen molar-refractivity contribution in [3.05, 3.63) is 46.9 Å². The molecule has 1 aromatic heterocycles. The van der Waals surface area contributed by atoms with Crippen LogP contribution in [0, 0.1) is 25.2 Å². The fraction of sp³-hybridized carbons (Fsp3) is 0.421. The van der Waals surface area contributed by atoms with Gasteiger partial charge in [0.05, 0.1) is 17.4 Å². The van der Waals surface area contributed by atoms with Gasteiger partial charge in [0.25, 0.3) is 0 Å². The van der Waals surface area contributed by atoms with Crippen LogP contribution >= 0.6 is 0 Å². The molecule has 2 aromatic rings. The van der Waals surface area contributed by atoms with Crippen molar-refractivity contribution in [1.29, 1.82) is 5.26 Å². The minimum Gasteiger partial charge on any atom is -0.466 e. The minimum absolute atomic E-state index is 0.214. The van der Waals surface area contributed by atoms with E-state index >= 15 is 0 Å². The summed E-state index contributed by atoms with van der Waals surface area (Å²) in [5.74, 6) is 1.83. The van der Waals surface area contributed by atoms with Gasteiger partial charge in [0.2, 0.25) is 0 Å². The zero-order chi connectivity index (χ0) is 17.1. The van der Waals surface area contributed by atoms with E-state index in [1.165, 1.54) is 0 Å². The van der Waals surface area contributed by atoms with Gasteiger partial charge in [-0.1, -0.05) is 0 Å². The quantitative estimate of drug-likeness (QED) is 0.902. The fourth-order valence-electron chi connectivity index (χ4n) is 3.17. The highest BCUT2D eigenvalue weighted by atomic mass is 16.3. The summed E-state index contributed by atoms with van der Waals surface area (Å²) in [6.07, 6.45) is 1.29. The van der Waals surface area contributed by atoms with Crippen LogP contribution in [-0.4, -0.2) is 24.3 Å². The molecular formula is C19H23N3O2. The molecule has 126 valence electrons. The highest BCUT2D eigenvalue weighted by molar-refractivity contribution is 5.65.